The molecule has 1 fully saturated rings. The van der Waals surface area contributed by atoms with E-state index in [0.29, 0.717) is 36.8 Å². The second-order valence-electron chi connectivity index (χ2n) is 11.5. The van der Waals surface area contributed by atoms with Crippen molar-refractivity contribution >= 4 is 23.5 Å². The first-order valence-corrected chi connectivity index (χ1v) is 15.9. The molecule has 0 aliphatic carbocycles. The predicted molar refractivity (Wildman–Crippen MR) is 169 cm³/mol. The maximum Gasteiger partial charge on any atom is 0.411 e. The molecule has 4 heterocycles. The Morgan fingerprint density at radius 1 is 0.935 bits per heavy atom. The Kier molecular flexibility index (Phi) is 12.0. The maximum absolute atomic E-state index is 13.3. The molecule has 5 N–H and O–H groups in total. The molecule has 2 unspecified atom stereocenters. The third-order valence-electron chi connectivity index (χ3n) is 7.68. The largest absolute Gasteiger partial charge is 0.494 e. The fraction of sp³-hybridized carbons (Fsp3) is 0.531. The van der Waals surface area contributed by atoms with Crippen LogP contribution in [-0.2, 0) is 11.3 Å². The number of carbonyl (C=O) groups excluding carboxylic acids is 1. The second kappa shape index (κ2) is 16.5. The summed E-state index contributed by atoms with van der Waals surface area (Å²) in [6.07, 6.45) is 2.01. The number of alkyl halides is 3. The molecule has 250 valence electrons. The Morgan fingerprint density at radius 3 is 2.43 bits per heavy atom. The van der Waals surface area contributed by atoms with Crippen molar-refractivity contribution < 1.29 is 32.2 Å². The minimum Gasteiger partial charge on any atom is -0.494 e. The second-order valence-corrected chi connectivity index (χ2v) is 11.5. The summed E-state index contributed by atoms with van der Waals surface area (Å²) in [5.74, 6) is 1.24. The summed E-state index contributed by atoms with van der Waals surface area (Å²) in [4.78, 5) is 22.0. The molecule has 0 radical (unpaired) electrons. The highest BCUT2D eigenvalue weighted by Crippen LogP contribution is 2.25. The van der Waals surface area contributed by atoms with E-state index < -0.39 is 19.1 Å². The van der Waals surface area contributed by atoms with Gasteiger partial charge in [-0.25, -0.2) is 4.99 Å². The Hall–Kier alpha value is -4.04. The van der Waals surface area contributed by atoms with Gasteiger partial charge in [-0.1, -0.05) is 37.8 Å². The van der Waals surface area contributed by atoms with Crippen LogP contribution in [0.1, 0.15) is 67.3 Å². The van der Waals surface area contributed by atoms with Crippen LogP contribution in [0.25, 0.3) is 0 Å². The van der Waals surface area contributed by atoms with Crippen molar-refractivity contribution in [3.05, 3.63) is 53.6 Å². The van der Waals surface area contributed by atoms with Crippen LogP contribution in [0.2, 0.25) is 0 Å². The number of ether oxygens (including phenoxy) is 3. The summed E-state index contributed by atoms with van der Waals surface area (Å²) in [5, 5.41) is 15.2. The molecular formula is C32H42F3N7O4. The number of hydrogen-bond acceptors (Lipinski definition) is 10. The van der Waals surface area contributed by atoms with E-state index in [4.69, 9.17) is 14.2 Å². The fourth-order valence-electron chi connectivity index (χ4n) is 5.27. The van der Waals surface area contributed by atoms with E-state index in [1.54, 1.807) is 18.2 Å². The number of anilines is 1. The third kappa shape index (κ3) is 10.8. The minimum atomic E-state index is -4.54. The molecule has 11 nitrogen and oxygen atoms in total. The molecule has 0 saturated carbocycles. The van der Waals surface area contributed by atoms with Crippen LogP contribution in [0.15, 0.2) is 52.4 Å². The molecule has 1 amide bonds. The van der Waals surface area contributed by atoms with Crippen molar-refractivity contribution in [2.75, 3.05) is 38.2 Å². The van der Waals surface area contributed by atoms with Crippen LogP contribution in [0.4, 0.5) is 18.9 Å². The number of rotatable bonds is 4. The van der Waals surface area contributed by atoms with E-state index in [1.165, 1.54) is 0 Å². The van der Waals surface area contributed by atoms with E-state index in [0.717, 1.165) is 69.2 Å². The van der Waals surface area contributed by atoms with E-state index in [9.17, 15) is 18.0 Å². The standard InChI is InChI=1S/C32H42F3N7O4/c33-32(34,35)21-46-31-41-29-37-19-22-9-12-25(13-10-22)44-16-5-3-1-2-4-6-17-45-27-18-23(39-30(40-29)42-31)11-14-26(27)28(43)38-24-8-7-15-36-20-24/h9-14,18,24,31,36H,1-8,15-17,19-21H2,(H,38,43)(H3,37,39,40,41,42). The lowest BCUT2D eigenvalue weighted by Gasteiger charge is -2.26. The van der Waals surface area contributed by atoms with E-state index in [2.05, 4.69) is 36.6 Å². The number of piperidine rings is 1. The van der Waals surface area contributed by atoms with Crippen molar-refractivity contribution in [2.24, 2.45) is 9.98 Å². The van der Waals surface area contributed by atoms with Gasteiger partial charge in [0.15, 0.2) is 0 Å². The third-order valence-corrected chi connectivity index (χ3v) is 7.68. The first-order valence-electron chi connectivity index (χ1n) is 15.9. The van der Waals surface area contributed by atoms with Gasteiger partial charge in [-0.2, -0.15) is 18.2 Å². The van der Waals surface area contributed by atoms with Gasteiger partial charge in [-0.05, 0) is 62.1 Å². The number of halogens is 3. The maximum atomic E-state index is 13.3. The molecule has 2 aromatic carbocycles. The van der Waals surface area contributed by atoms with E-state index >= 15 is 0 Å². The lowest BCUT2D eigenvalue weighted by molar-refractivity contribution is -0.186. The molecule has 6 rings (SSSR count). The monoisotopic (exact) mass is 645 g/mol. The van der Waals surface area contributed by atoms with Gasteiger partial charge in [0.2, 0.25) is 18.3 Å². The molecule has 2 atom stereocenters. The molecule has 4 aliphatic heterocycles. The molecule has 2 aromatic rings. The smallest absolute Gasteiger partial charge is 0.411 e. The highest BCUT2D eigenvalue weighted by Gasteiger charge is 2.31. The van der Waals surface area contributed by atoms with Crippen molar-refractivity contribution in [1.29, 1.82) is 0 Å². The van der Waals surface area contributed by atoms with Crippen molar-refractivity contribution in [2.45, 2.75) is 76.5 Å². The van der Waals surface area contributed by atoms with Gasteiger partial charge in [0.25, 0.3) is 5.91 Å². The number of hydrogen-bond donors (Lipinski definition) is 5. The molecule has 46 heavy (non-hydrogen) atoms. The van der Waals surface area contributed by atoms with Gasteiger partial charge >= 0.3 is 6.18 Å². The molecule has 1 saturated heterocycles. The summed E-state index contributed by atoms with van der Waals surface area (Å²) >= 11 is 0. The summed E-state index contributed by atoms with van der Waals surface area (Å²) in [5.41, 5.74) is 1.80. The van der Waals surface area contributed by atoms with E-state index in [1.807, 2.05) is 24.3 Å². The van der Waals surface area contributed by atoms with Crippen molar-refractivity contribution in [3.8, 4) is 11.5 Å². The molecule has 14 heteroatoms. The first kappa shape index (κ1) is 33.3. The van der Waals surface area contributed by atoms with Gasteiger partial charge in [0.1, 0.15) is 18.1 Å². The number of benzene rings is 2. The van der Waals surface area contributed by atoms with Gasteiger partial charge in [0, 0.05) is 24.3 Å². The van der Waals surface area contributed by atoms with Gasteiger partial charge in [0.05, 0.1) is 25.3 Å². The van der Waals surface area contributed by atoms with E-state index in [-0.39, 0.29) is 30.4 Å². The predicted octanol–water partition coefficient (Wildman–Crippen LogP) is 4.66. The Labute approximate surface area is 266 Å². The molecular weight excluding hydrogens is 603 g/mol. The lowest BCUT2D eigenvalue weighted by atomic mass is 10.1. The number of aliphatic imine (C=N–C) groups is 2. The average Bonchev–Trinajstić information content (AvgIpc) is 3.04. The zero-order valence-electron chi connectivity index (χ0n) is 25.8. The van der Waals surface area contributed by atoms with Crippen LogP contribution < -0.4 is 36.1 Å². The van der Waals surface area contributed by atoms with Crippen molar-refractivity contribution in [1.82, 2.24) is 21.3 Å². The number of nitrogens with zero attached hydrogens (tertiary/aromatic N) is 2. The number of nitrogens with one attached hydrogen (secondary N) is 5. The SMILES string of the molecule is O=C(NC1CCCNC1)c1ccc2cc1OCCCCCCCCOc1ccc(cc1)CN=C1NC(=NC(OCC(F)(F)F)N1)N2. The average molecular weight is 646 g/mol. The van der Waals surface area contributed by atoms with Crippen LogP contribution in [0.5, 0.6) is 11.5 Å². The van der Waals surface area contributed by atoms with Crippen LogP contribution >= 0.6 is 0 Å². The van der Waals surface area contributed by atoms with Gasteiger partial charge < -0.3 is 35.5 Å². The highest BCUT2D eigenvalue weighted by atomic mass is 19.4. The zero-order valence-corrected chi connectivity index (χ0v) is 25.8. The topological polar surface area (TPSA) is 130 Å². The summed E-state index contributed by atoms with van der Waals surface area (Å²) < 4.78 is 55.9. The summed E-state index contributed by atoms with van der Waals surface area (Å²) in [7, 11) is 0. The number of amides is 1. The quantitative estimate of drug-likeness (QED) is 0.325. The van der Waals surface area contributed by atoms with Crippen LogP contribution in [0.3, 0.4) is 0 Å². The van der Waals surface area contributed by atoms with Gasteiger partial charge in [-0.15, -0.1) is 0 Å². The lowest BCUT2D eigenvalue weighted by Crippen LogP contribution is -2.54. The fourth-order valence-corrected chi connectivity index (χ4v) is 5.27. The van der Waals surface area contributed by atoms with Crippen LogP contribution in [0, 0.1) is 0 Å². The Morgan fingerprint density at radius 2 is 1.70 bits per heavy atom. The number of fused-ring (bicyclic) bond motifs is 12. The Balaban J connectivity index is 1.37. The van der Waals surface area contributed by atoms with Crippen molar-refractivity contribution in [3.63, 3.8) is 0 Å². The van der Waals surface area contributed by atoms with Gasteiger partial charge in [-0.3, -0.25) is 10.1 Å². The number of carbonyl (C=O) groups is 1. The summed E-state index contributed by atoms with van der Waals surface area (Å²) in [6, 6.07) is 12.6. The highest BCUT2D eigenvalue weighted by molar-refractivity contribution is 6.07. The Bertz CT molecular complexity index is 1350. The first-order chi connectivity index (χ1) is 22.3. The normalized spacial score (nSPS) is 21.5. The minimum absolute atomic E-state index is 0.0272. The molecule has 0 spiro atoms. The zero-order chi connectivity index (χ0) is 32.2. The number of guanidine groups is 2. The van der Waals surface area contributed by atoms with Crippen LogP contribution in [-0.4, -0.2) is 69.3 Å². The molecule has 0 aromatic heterocycles. The molecule has 6 bridgehead atoms. The molecule has 4 aliphatic rings. The summed E-state index contributed by atoms with van der Waals surface area (Å²) in [6.45, 7) is 1.46.